The Morgan fingerprint density at radius 2 is 1.83 bits per heavy atom. The molecule has 0 radical (unpaired) electrons. The van der Waals surface area contributed by atoms with E-state index in [1.807, 2.05) is 37.3 Å². The Kier molecular flexibility index (Phi) is 6.95. The highest BCUT2D eigenvalue weighted by Gasteiger charge is 2.41. The summed E-state index contributed by atoms with van der Waals surface area (Å²) in [6.45, 7) is 2.29. The maximum atomic E-state index is 12.9. The number of carbonyl (C=O) groups is 2. The summed E-state index contributed by atoms with van der Waals surface area (Å²) >= 11 is 0. The Morgan fingerprint density at radius 1 is 1.03 bits per heavy atom. The molecule has 2 aromatic heterocycles. The minimum Gasteiger partial charge on any atom is -0.392 e. The van der Waals surface area contributed by atoms with Gasteiger partial charge in [-0.15, -0.1) is 0 Å². The molecule has 3 aromatic rings. The van der Waals surface area contributed by atoms with Crippen LogP contribution in [0.3, 0.4) is 0 Å². The van der Waals surface area contributed by atoms with Gasteiger partial charge in [-0.1, -0.05) is 18.2 Å². The molecule has 0 aliphatic carbocycles. The first-order valence-corrected chi connectivity index (χ1v) is 12.4. The highest BCUT2D eigenvalue weighted by Crippen LogP contribution is 2.38. The van der Waals surface area contributed by atoms with E-state index < -0.39 is 0 Å². The van der Waals surface area contributed by atoms with Gasteiger partial charge in [-0.2, -0.15) is 0 Å². The quantitative estimate of drug-likeness (QED) is 0.475. The molecule has 2 amide bonds. The Balaban J connectivity index is 1.19. The normalized spacial score (nSPS) is 20.7. The molecule has 0 spiro atoms. The number of pyridine rings is 2. The zero-order chi connectivity index (χ0) is 25.1. The number of hydrogen-bond donors (Lipinski definition) is 3. The van der Waals surface area contributed by atoms with E-state index in [4.69, 9.17) is 0 Å². The Labute approximate surface area is 210 Å². The lowest BCUT2D eigenvalue weighted by atomic mass is 9.96. The molecule has 8 heteroatoms. The van der Waals surface area contributed by atoms with Crippen molar-refractivity contribution in [3.8, 4) is 0 Å². The fourth-order valence-corrected chi connectivity index (χ4v) is 5.47. The second kappa shape index (κ2) is 10.5. The molecule has 4 heterocycles. The van der Waals surface area contributed by atoms with Gasteiger partial charge >= 0.3 is 0 Å². The molecule has 186 valence electrons. The van der Waals surface area contributed by atoms with Crippen molar-refractivity contribution in [2.45, 2.75) is 63.9 Å². The zero-order valence-electron chi connectivity index (χ0n) is 20.4. The second-order valence-electron chi connectivity index (χ2n) is 9.69. The number of fused-ring (bicyclic) bond motifs is 2. The van der Waals surface area contributed by atoms with E-state index in [2.05, 4.69) is 25.5 Å². The summed E-state index contributed by atoms with van der Waals surface area (Å²) < 4.78 is 0. The van der Waals surface area contributed by atoms with E-state index in [-0.39, 0.29) is 24.5 Å². The molecule has 2 bridgehead atoms. The summed E-state index contributed by atoms with van der Waals surface area (Å²) in [6, 6.07) is 13.7. The summed E-state index contributed by atoms with van der Waals surface area (Å²) in [5.41, 5.74) is 3.80. The second-order valence-corrected chi connectivity index (χ2v) is 9.69. The molecule has 5 rings (SSSR count). The lowest BCUT2D eigenvalue weighted by Gasteiger charge is -2.40. The summed E-state index contributed by atoms with van der Waals surface area (Å²) in [5, 5.41) is 15.5. The maximum Gasteiger partial charge on any atom is 0.253 e. The highest BCUT2D eigenvalue weighted by atomic mass is 16.3. The van der Waals surface area contributed by atoms with Gasteiger partial charge in [0, 0.05) is 48.8 Å². The average molecular weight is 486 g/mol. The number of amides is 2. The van der Waals surface area contributed by atoms with Crippen LogP contribution in [0.1, 0.15) is 63.1 Å². The highest BCUT2D eigenvalue weighted by molar-refractivity contribution is 5.96. The molecule has 2 saturated heterocycles. The van der Waals surface area contributed by atoms with Crippen molar-refractivity contribution in [2.24, 2.45) is 0 Å². The molecule has 2 unspecified atom stereocenters. The first-order chi connectivity index (χ1) is 17.5. The number of aromatic nitrogens is 2. The lowest BCUT2D eigenvalue weighted by molar-refractivity contribution is 0.0924. The molecule has 2 atom stereocenters. The van der Waals surface area contributed by atoms with Crippen LogP contribution in [0.25, 0.3) is 0 Å². The molecular weight excluding hydrogens is 454 g/mol. The SMILES string of the molecule is Cc1cc(CO)ccc1C(=O)NC1CC2CCC(C1)N2c1ccc(C(=O)NCc2cccnc2)cn1. The van der Waals surface area contributed by atoms with Gasteiger partial charge < -0.3 is 20.6 Å². The van der Waals surface area contributed by atoms with Crippen molar-refractivity contribution in [3.63, 3.8) is 0 Å². The topological polar surface area (TPSA) is 107 Å². The van der Waals surface area contributed by atoms with Gasteiger partial charge in [-0.05, 0) is 73.6 Å². The van der Waals surface area contributed by atoms with Gasteiger partial charge in [0.2, 0.25) is 0 Å². The monoisotopic (exact) mass is 485 g/mol. The number of aliphatic hydroxyl groups excluding tert-OH is 1. The van der Waals surface area contributed by atoms with Crippen LogP contribution in [0.15, 0.2) is 61.1 Å². The standard InChI is InChI=1S/C28H31N5O3/c1-18-11-19(17-34)4-8-25(18)28(36)32-22-12-23-6-7-24(13-22)33(23)26-9-5-21(16-30-26)27(35)31-15-20-3-2-10-29-14-20/h2-5,8-11,14,16,22-24,34H,6-7,12-13,15,17H2,1H3,(H,31,35)(H,32,36). The van der Waals surface area contributed by atoms with Crippen LogP contribution in [0.5, 0.6) is 0 Å². The maximum absolute atomic E-state index is 12.9. The van der Waals surface area contributed by atoms with Crippen molar-refractivity contribution in [3.05, 3.63) is 88.9 Å². The fraction of sp³-hybridized carbons (Fsp3) is 0.357. The molecular formula is C28H31N5O3. The van der Waals surface area contributed by atoms with Gasteiger partial charge in [0.25, 0.3) is 11.8 Å². The van der Waals surface area contributed by atoms with Gasteiger partial charge in [0.1, 0.15) is 5.82 Å². The number of piperidine rings is 1. The molecule has 0 saturated carbocycles. The number of nitrogens with zero attached hydrogens (tertiary/aromatic N) is 3. The first kappa shape index (κ1) is 23.9. The van der Waals surface area contributed by atoms with E-state index in [0.717, 1.165) is 48.2 Å². The Bertz CT molecular complexity index is 1220. The van der Waals surface area contributed by atoms with Crippen LogP contribution >= 0.6 is 0 Å². The predicted octanol–water partition coefficient (Wildman–Crippen LogP) is 3.14. The molecule has 8 nitrogen and oxygen atoms in total. The van der Waals surface area contributed by atoms with Crippen molar-refractivity contribution in [1.29, 1.82) is 0 Å². The number of anilines is 1. The summed E-state index contributed by atoms with van der Waals surface area (Å²) in [5.74, 6) is 0.658. The van der Waals surface area contributed by atoms with Crippen molar-refractivity contribution < 1.29 is 14.7 Å². The number of nitrogens with one attached hydrogen (secondary N) is 2. The number of aryl methyl sites for hydroxylation is 1. The number of hydrogen-bond acceptors (Lipinski definition) is 6. The number of benzene rings is 1. The minimum atomic E-state index is -0.162. The molecule has 2 aliphatic rings. The van der Waals surface area contributed by atoms with E-state index in [1.54, 1.807) is 30.7 Å². The predicted molar refractivity (Wildman–Crippen MR) is 137 cm³/mol. The number of rotatable bonds is 7. The Morgan fingerprint density at radius 3 is 2.47 bits per heavy atom. The van der Waals surface area contributed by atoms with E-state index >= 15 is 0 Å². The molecule has 2 fully saturated rings. The van der Waals surface area contributed by atoms with Crippen molar-refractivity contribution in [2.75, 3.05) is 4.90 Å². The summed E-state index contributed by atoms with van der Waals surface area (Å²) in [7, 11) is 0. The molecule has 2 aliphatic heterocycles. The van der Waals surface area contributed by atoms with Crippen molar-refractivity contribution in [1.82, 2.24) is 20.6 Å². The fourth-order valence-electron chi connectivity index (χ4n) is 5.47. The van der Waals surface area contributed by atoms with Crippen LogP contribution < -0.4 is 15.5 Å². The van der Waals surface area contributed by atoms with Gasteiger partial charge in [-0.25, -0.2) is 4.98 Å². The third-order valence-electron chi connectivity index (χ3n) is 7.24. The molecule has 36 heavy (non-hydrogen) atoms. The smallest absolute Gasteiger partial charge is 0.253 e. The minimum absolute atomic E-state index is 0.0321. The van der Waals surface area contributed by atoms with Crippen molar-refractivity contribution >= 4 is 17.6 Å². The van der Waals surface area contributed by atoms with Crippen LogP contribution in [-0.2, 0) is 13.2 Å². The van der Waals surface area contributed by atoms with Crippen LogP contribution in [0.4, 0.5) is 5.82 Å². The Hall–Kier alpha value is -3.78. The molecule has 3 N–H and O–H groups in total. The summed E-state index contributed by atoms with van der Waals surface area (Å²) in [4.78, 5) is 36.5. The van der Waals surface area contributed by atoms with Gasteiger partial charge in [0.15, 0.2) is 0 Å². The first-order valence-electron chi connectivity index (χ1n) is 12.4. The van der Waals surface area contributed by atoms with Gasteiger partial charge in [0.05, 0.1) is 12.2 Å². The lowest BCUT2D eigenvalue weighted by Crippen LogP contribution is -2.50. The number of carbonyl (C=O) groups excluding carboxylic acids is 2. The van der Waals surface area contributed by atoms with E-state index in [1.165, 1.54) is 0 Å². The van der Waals surface area contributed by atoms with E-state index in [9.17, 15) is 14.7 Å². The van der Waals surface area contributed by atoms with E-state index in [0.29, 0.717) is 29.8 Å². The van der Waals surface area contributed by atoms with Crippen LogP contribution in [0, 0.1) is 6.92 Å². The zero-order valence-corrected chi connectivity index (χ0v) is 20.4. The van der Waals surface area contributed by atoms with Crippen LogP contribution in [-0.4, -0.2) is 45.0 Å². The third kappa shape index (κ3) is 5.09. The number of aliphatic hydroxyl groups is 1. The third-order valence-corrected chi connectivity index (χ3v) is 7.24. The largest absolute Gasteiger partial charge is 0.392 e. The average Bonchev–Trinajstić information content (AvgIpc) is 3.17. The van der Waals surface area contributed by atoms with Gasteiger partial charge in [-0.3, -0.25) is 14.6 Å². The molecule has 1 aromatic carbocycles. The van der Waals surface area contributed by atoms with Crippen LogP contribution in [0.2, 0.25) is 0 Å². The summed E-state index contributed by atoms with van der Waals surface area (Å²) in [6.07, 6.45) is 8.94.